The Morgan fingerprint density at radius 2 is 2.28 bits per heavy atom. The van der Waals surface area contributed by atoms with Crippen LogP contribution in [0.3, 0.4) is 0 Å². The van der Waals surface area contributed by atoms with Crippen LogP contribution in [0.25, 0.3) is 0 Å². The average Bonchev–Trinajstić information content (AvgIpc) is 2.36. The van der Waals surface area contributed by atoms with Crippen LogP contribution in [-0.4, -0.2) is 18.6 Å². The molecule has 0 aliphatic carbocycles. The third kappa shape index (κ3) is 2.83. The minimum Gasteiger partial charge on any atom is -0.371 e. The molecular formula is C15H21N3. The van der Waals surface area contributed by atoms with Gasteiger partial charge in [-0.15, -0.1) is 0 Å². The van der Waals surface area contributed by atoms with E-state index in [1.54, 1.807) is 6.92 Å². The lowest BCUT2D eigenvalue weighted by molar-refractivity contribution is 0.530. The van der Waals surface area contributed by atoms with Gasteiger partial charge in [0.05, 0.1) is 6.07 Å². The van der Waals surface area contributed by atoms with Crippen LogP contribution in [0.5, 0.6) is 0 Å². The molecule has 18 heavy (non-hydrogen) atoms. The largest absolute Gasteiger partial charge is 0.371 e. The molecule has 0 aromatic heterocycles. The number of aryl methyl sites for hydroxylation is 2. The van der Waals surface area contributed by atoms with Crippen molar-refractivity contribution >= 4 is 5.69 Å². The molecule has 0 saturated carbocycles. The molecule has 3 heteroatoms. The lowest BCUT2D eigenvalue weighted by Crippen LogP contribution is -2.40. The number of nitrogens with zero attached hydrogens (tertiary/aromatic N) is 2. The maximum atomic E-state index is 8.96. The number of hydrogen-bond donors (Lipinski definition) is 1. The molecule has 1 aliphatic heterocycles. The molecule has 0 amide bonds. The third-order valence-corrected chi connectivity index (χ3v) is 3.61. The maximum absolute atomic E-state index is 8.96. The molecule has 0 saturated heterocycles. The number of nitriles is 1. The van der Waals surface area contributed by atoms with Crippen LogP contribution in [-0.2, 0) is 6.42 Å². The van der Waals surface area contributed by atoms with Crippen molar-refractivity contribution in [3.63, 3.8) is 0 Å². The summed E-state index contributed by atoms with van der Waals surface area (Å²) in [6.45, 7) is 5.85. The van der Waals surface area contributed by atoms with Crippen molar-refractivity contribution in [2.45, 2.75) is 38.6 Å². The van der Waals surface area contributed by atoms with Crippen molar-refractivity contribution in [2.75, 3.05) is 18.0 Å². The first-order valence-corrected chi connectivity index (χ1v) is 6.56. The van der Waals surface area contributed by atoms with Crippen molar-refractivity contribution in [3.8, 4) is 6.07 Å². The molecule has 1 aromatic carbocycles. The lowest BCUT2D eigenvalue weighted by Gasteiger charge is -2.33. The predicted octanol–water partition coefficient (Wildman–Crippen LogP) is 2.38. The van der Waals surface area contributed by atoms with Gasteiger partial charge in [0.15, 0.2) is 0 Å². The van der Waals surface area contributed by atoms with Crippen molar-refractivity contribution < 1.29 is 0 Å². The van der Waals surface area contributed by atoms with E-state index in [4.69, 9.17) is 11.0 Å². The zero-order chi connectivity index (χ0) is 13.2. The molecule has 1 atom stereocenters. The zero-order valence-electron chi connectivity index (χ0n) is 11.2. The van der Waals surface area contributed by atoms with Crippen molar-refractivity contribution in [1.82, 2.24) is 0 Å². The van der Waals surface area contributed by atoms with Gasteiger partial charge in [0.1, 0.15) is 5.54 Å². The number of anilines is 1. The SMILES string of the molecule is Cc1ccc2c(c1)CCCN2CCC(C)(N)C#N. The average molecular weight is 243 g/mol. The zero-order valence-corrected chi connectivity index (χ0v) is 11.2. The Labute approximate surface area is 109 Å². The van der Waals surface area contributed by atoms with Crippen molar-refractivity contribution in [2.24, 2.45) is 5.73 Å². The predicted molar refractivity (Wildman–Crippen MR) is 74.5 cm³/mol. The molecule has 96 valence electrons. The Morgan fingerprint density at radius 1 is 1.50 bits per heavy atom. The minimum absolute atomic E-state index is 0.705. The summed E-state index contributed by atoms with van der Waals surface area (Å²) >= 11 is 0. The highest BCUT2D eigenvalue weighted by atomic mass is 15.1. The summed E-state index contributed by atoms with van der Waals surface area (Å²) in [6.07, 6.45) is 3.05. The molecule has 1 unspecified atom stereocenters. The van der Waals surface area contributed by atoms with Gasteiger partial charge in [-0.05, 0) is 44.7 Å². The van der Waals surface area contributed by atoms with Crippen molar-refractivity contribution in [1.29, 1.82) is 5.26 Å². The first-order valence-electron chi connectivity index (χ1n) is 6.56. The van der Waals surface area contributed by atoms with Crippen LogP contribution >= 0.6 is 0 Å². The van der Waals surface area contributed by atoms with Gasteiger partial charge < -0.3 is 10.6 Å². The normalized spacial score (nSPS) is 17.8. The molecule has 0 spiro atoms. The van der Waals surface area contributed by atoms with Gasteiger partial charge in [-0.2, -0.15) is 5.26 Å². The van der Waals surface area contributed by atoms with Crippen LogP contribution in [0, 0.1) is 18.3 Å². The maximum Gasteiger partial charge on any atom is 0.103 e. The molecule has 2 N–H and O–H groups in total. The van der Waals surface area contributed by atoms with E-state index in [9.17, 15) is 0 Å². The van der Waals surface area contributed by atoms with Gasteiger partial charge in [-0.25, -0.2) is 0 Å². The quantitative estimate of drug-likeness (QED) is 0.886. The Balaban J connectivity index is 2.11. The first-order chi connectivity index (χ1) is 8.52. The Hall–Kier alpha value is -1.53. The standard InChI is InChI=1S/C15H21N3/c1-12-5-6-14-13(10-12)4-3-8-18(14)9-7-15(2,17)11-16/h5-6,10H,3-4,7-9,17H2,1-2H3. The third-order valence-electron chi connectivity index (χ3n) is 3.61. The molecule has 1 aromatic rings. The van der Waals surface area contributed by atoms with Gasteiger partial charge in [-0.1, -0.05) is 17.7 Å². The Kier molecular flexibility index (Phi) is 3.58. The summed E-state index contributed by atoms with van der Waals surface area (Å²) in [5, 5.41) is 8.96. The van der Waals surface area contributed by atoms with Gasteiger partial charge >= 0.3 is 0 Å². The summed E-state index contributed by atoms with van der Waals surface area (Å²) < 4.78 is 0. The fourth-order valence-corrected chi connectivity index (χ4v) is 2.46. The summed E-state index contributed by atoms with van der Waals surface area (Å²) in [5.74, 6) is 0. The number of fused-ring (bicyclic) bond motifs is 1. The smallest absolute Gasteiger partial charge is 0.103 e. The van der Waals surface area contributed by atoms with Gasteiger partial charge in [0, 0.05) is 18.8 Å². The number of nitrogens with two attached hydrogens (primary N) is 1. The Bertz CT molecular complexity index is 471. The van der Waals surface area contributed by atoms with E-state index in [1.807, 2.05) is 0 Å². The van der Waals surface area contributed by atoms with Crippen LogP contribution in [0.1, 0.15) is 30.9 Å². The fourth-order valence-electron chi connectivity index (χ4n) is 2.46. The summed E-state index contributed by atoms with van der Waals surface area (Å²) in [6, 6.07) is 8.79. The van der Waals surface area contributed by atoms with Crippen LogP contribution in [0.2, 0.25) is 0 Å². The Morgan fingerprint density at radius 3 is 3.00 bits per heavy atom. The summed E-state index contributed by atoms with van der Waals surface area (Å²) in [4.78, 5) is 2.36. The van der Waals surface area contributed by atoms with Gasteiger partial charge in [0.2, 0.25) is 0 Å². The van der Waals surface area contributed by atoms with E-state index in [0.29, 0.717) is 6.42 Å². The van der Waals surface area contributed by atoms with Crippen LogP contribution < -0.4 is 10.6 Å². The second-order valence-electron chi connectivity index (χ2n) is 5.50. The first kappa shape index (κ1) is 12.9. The second-order valence-corrected chi connectivity index (χ2v) is 5.50. The lowest BCUT2D eigenvalue weighted by atomic mass is 9.97. The number of rotatable bonds is 3. The van der Waals surface area contributed by atoms with Crippen molar-refractivity contribution in [3.05, 3.63) is 29.3 Å². The van der Waals surface area contributed by atoms with E-state index in [1.165, 1.54) is 23.2 Å². The molecule has 0 radical (unpaired) electrons. The summed E-state index contributed by atoms with van der Waals surface area (Å²) in [7, 11) is 0. The number of benzene rings is 1. The molecule has 0 fully saturated rings. The minimum atomic E-state index is -0.720. The molecular weight excluding hydrogens is 222 g/mol. The van der Waals surface area contributed by atoms with E-state index in [-0.39, 0.29) is 0 Å². The molecule has 2 rings (SSSR count). The van der Waals surface area contributed by atoms with E-state index in [2.05, 4.69) is 36.1 Å². The van der Waals surface area contributed by atoms with E-state index < -0.39 is 5.54 Å². The van der Waals surface area contributed by atoms with Crippen LogP contribution in [0.15, 0.2) is 18.2 Å². The molecule has 3 nitrogen and oxygen atoms in total. The summed E-state index contributed by atoms with van der Waals surface area (Å²) in [5.41, 5.74) is 9.23. The van der Waals surface area contributed by atoms with Crippen LogP contribution in [0.4, 0.5) is 5.69 Å². The fraction of sp³-hybridized carbons (Fsp3) is 0.533. The topological polar surface area (TPSA) is 53.0 Å². The second kappa shape index (κ2) is 4.99. The van der Waals surface area contributed by atoms with Gasteiger partial charge in [-0.3, -0.25) is 0 Å². The highest BCUT2D eigenvalue weighted by molar-refractivity contribution is 5.56. The highest BCUT2D eigenvalue weighted by Crippen LogP contribution is 2.28. The monoisotopic (exact) mass is 243 g/mol. The number of hydrogen-bond acceptors (Lipinski definition) is 3. The van der Waals surface area contributed by atoms with Gasteiger partial charge in [0.25, 0.3) is 0 Å². The molecule has 1 aliphatic rings. The highest BCUT2D eigenvalue weighted by Gasteiger charge is 2.21. The molecule has 1 heterocycles. The van der Waals surface area contributed by atoms with E-state index >= 15 is 0 Å². The van der Waals surface area contributed by atoms with E-state index in [0.717, 1.165) is 19.5 Å². The molecule has 0 bridgehead atoms.